The van der Waals surface area contributed by atoms with E-state index in [9.17, 15) is 27.6 Å². The van der Waals surface area contributed by atoms with Crippen LogP contribution in [0.1, 0.15) is 24.0 Å². The van der Waals surface area contributed by atoms with Gasteiger partial charge in [-0.2, -0.15) is 18.3 Å². The van der Waals surface area contributed by atoms with E-state index in [1.807, 2.05) is 0 Å². The minimum Gasteiger partial charge on any atom is -0.493 e. The van der Waals surface area contributed by atoms with Crippen LogP contribution in [0.15, 0.2) is 41.5 Å². The Morgan fingerprint density at radius 3 is 2.57 bits per heavy atom. The van der Waals surface area contributed by atoms with Gasteiger partial charge in [0.2, 0.25) is 0 Å². The number of benzene rings is 2. The van der Waals surface area contributed by atoms with Crippen molar-refractivity contribution in [2.75, 3.05) is 19.0 Å². The smallest absolute Gasteiger partial charge is 0.416 e. The van der Waals surface area contributed by atoms with Crippen LogP contribution in [0.4, 0.5) is 18.9 Å². The Labute approximate surface area is 202 Å². The summed E-state index contributed by atoms with van der Waals surface area (Å²) >= 11 is 6.21. The van der Waals surface area contributed by atoms with Crippen molar-refractivity contribution in [3.8, 4) is 11.5 Å². The van der Waals surface area contributed by atoms with Crippen molar-refractivity contribution >= 4 is 41.2 Å². The number of amides is 3. The molecule has 3 rings (SSSR count). The molecule has 1 aliphatic carbocycles. The van der Waals surface area contributed by atoms with Crippen LogP contribution in [0.2, 0.25) is 5.02 Å². The van der Waals surface area contributed by atoms with Crippen LogP contribution in [0.3, 0.4) is 0 Å². The van der Waals surface area contributed by atoms with Gasteiger partial charge in [-0.3, -0.25) is 14.4 Å². The summed E-state index contributed by atoms with van der Waals surface area (Å²) in [4.78, 5) is 35.4. The van der Waals surface area contributed by atoms with Gasteiger partial charge in [0.05, 0.1) is 23.9 Å². The maximum Gasteiger partial charge on any atom is 0.416 e. The molecular weight excluding hydrogens is 493 g/mol. The predicted octanol–water partition coefficient (Wildman–Crippen LogP) is 3.11. The largest absolute Gasteiger partial charge is 0.493 e. The number of hydrogen-bond donors (Lipinski definition) is 3. The summed E-state index contributed by atoms with van der Waals surface area (Å²) in [6.45, 7) is -0.564. The number of hydrazone groups is 1. The van der Waals surface area contributed by atoms with Gasteiger partial charge in [-0.05, 0) is 48.7 Å². The van der Waals surface area contributed by atoms with Gasteiger partial charge in [-0.1, -0.05) is 17.7 Å². The molecule has 9 nitrogen and oxygen atoms in total. The number of ether oxygens (including phenoxy) is 2. The Morgan fingerprint density at radius 2 is 1.91 bits per heavy atom. The Kier molecular flexibility index (Phi) is 8.18. The first kappa shape index (κ1) is 25.8. The molecule has 0 aromatic heterocycles. The third-order valence-corrected chi connectivity index (χ3v) is 4.85. The lowest BCUT2D eigenvalue weighted by Crippen LogP contribution is -2.38. The highest BCUT2D eigenvalue weighted by Gasteiger charge is 2.30. The zero-order valence-corrected chi connectivity index (χ0v) is 19.0. The van der Waals surface area contributed by atoms with Crippen molar-refractivity contribution in [1.29, 1.82) is 0 Å². The maximum absolute atomic E-state index is 12.8. The summed E-state index contributed by atoms with van der Waals surface area (Å²) in [5.74, 6) is -2.28. The van der Waals surface area contributed by atoms with E-state index in [1.54, 1.807) is 0 Å². The van der Waals surface area contributed by atoms with Crippen LogP contribution in [-0.4, -0.2) is 43.7 Å². The first-order chi connectivity index (χ1) is 16.6. The van der Waals surface area contributed by atoms with Crippen LogP contribution >= 0.6 is 11.6 Å². The SMILES string of the molecule is COc1cc(/C=N\NC(=O)C(=O)NC2CC2)cc(Cl)c1OCC(=O)Nc1cccc(C(F)(F)F)c1. The molecule has 0 heterocycles. The third-order valence-electron chi connectivity index (χ3n) is 4.57. The second kappa shape index (κ2) is 11.1. The Bertz CT molecular complexity index is 1150. The third kappa shape index (κ3) is 7.60. The molecule has 0 atom stereocenters. The first-order valence-electron chi connectivity index (χ1n) is 10.2. The fraction of sp³-hybridized carbons (Fsp3) is 0.273. The Hall–Kier alpha value is -3.80. The topological polar surface area (TPSA) is 118 Å². The minimum atomic E-state index is -4.55. The Morgan fingerprint density at radius 1 is 1.17 bits per heavy atom. The second-order valence-corrected chi connectivity index (χ2v) is 7.80. The maximum atomic E-state index is 12.8. The van der Waals surface area contributed by atoms with Gasteiger partial charge in [-0.15, -0.1) is 0 Å². The molecule has 0 spiro atoms. The van der Waals surface area contributed by atoms with E-state index >= 15 is 0 Å². The second-order valence-electron chi connectivity index (χ2n) is 7.40. The van der Waals surface area contributed by atoms with Crippen LogP contribution in [0.25, 0.3) is 0 Å². The number of methoxy groups -OCH3 is 1. The zero-order valence-electron chi connectivity index (χ0n) is 18.2. The summed E-state index contributed by atoms with van der Waals surface area (Å²) in [6, 6.07) is 7.05. The molecule has 3 N–H and O–H groups in total. The van der Waals surface area contributed by atoms with Crippen molar-refractivity contribution < 1.29 is 37.0 Å². The monoisotopic (exact) mass is 512 g/mol. The Balaban J connectivity index is 1.59. The highest BCUT2D eigenvalue weighted by Crippen LogP contribution is 2.36. The summed E-state index contributed by atoms with van der Waals surface area (Å²) in [5, 5.41) is 8.57. The first-order valence-corrected chi connectivity index (χ1v) is 10.6. The van der Waals surface area contributed by atoms with E-state index in [2.05, 4.69) is 21.2 Å². The molecule has 35 heavy (non-hydrogen) atoms. The molecule has 0 saturated heterocycles. The molecule has 0 aliphatic heterocycles. The molecule has 0 bridgehead atoms. The average molecular weight is 513 g/mol. The van der Waals surface area contributed by atoms with Gasteiger partial charge >= 0.3 is 18.0 Å². The molecule has 2 aromatic carbocycles. The molecule has 0 unspecified atom stereocenters. The molecule has 186 valence electrons. The van der Waals surface area contributed by atoms with Crippen LogP contribution in [-0.2, 0) is 20.6 Å². The van der Waals surface area contributed by atoms with E-state index in [0.717, 1.165) is 25.0 Å². The summed E-state index contributed by atoms with van der Waals surface area (Å²) in [6.07, 6.45) is -1.65. The van der Waals surface area contributed by atoms with Crippen molar-refractivity contribution in [1.82, 2.24) is 10.7 Å². The number of anilines is 1. The van der Waals surface area contributed by atoms with Crippen molar-refractivity contribution in [3.63, 3.8) is 0 Å². The molecule has 13 heteroatoms. The van der Waals surface area contributed by atoms with Gasteiger partial charge in [-0.25, -0.2) is 5.43 Å². The number of carbonyl (C=O) groups is 3. The van der Waals surface area contributed by atoms with Crippen LogP contribution in [0, 0.1) is 0 Å². The fourth-order valence-corrected chi connectivity index (χ4v) is 3.03. The summed E-state index contributed by atoms with van der Waals surface area (Å²) in [5.41, 5.74) is 1.52. The summed E-state index contributed by atoms with van der Waals surface area (Å²) < 4.78 is 49.1. The van der Waals surface area contributed by atoms with E-state index in [4.69, 9.17) is 21.1 Å². The molecule has 1 fully saturated rings. The van der Waals surface area contributed by atoms with E-state index in [1.165, 1.54) is 37.6 Å². The molecule has 0 radical (unpaired) electrons. The van der Waals surface area contributed by atoms with Crippen LogP contribution in [0.5, 0.6) is 11.5 Å². The van der Waals surface area contributed by atoms with Gasteiger partial charge in [0.25, 0.3) is 5.91 Å². The van der Waals surface area contributed by atoms with Gasteiger partial charge in [0.15, 0.2) is 18.1 Å². The molecule has 1 saturated carbocycles. The average Bonchev–Trinajstić information content (AvgIpc) is 3.61. The number of hydrogen-bond acceptors (Lipinski definition) is 6. The molecule has 1 aliphatic rings. The number of nitrogens with one attached hydrogen (secondary N) is 3. The summed E-state index contributed by atoms with van der Waals surface area (Å²) in [7, 11) is 1.33. The lowest BCUT2D eigenvalue weighted by Gasteiger charge is -2.14. The van der Waals surface area contributed by atoms with Crippen molar-refractivity contribution in [2.24, 2.45) is 5.10 Å². The van der Waals surface area contributed by atoms with Gasteiger partial charge < -0.3 is 20.1 Å². The molecule has 2 aromatic rings. The fourth-order valence-electron chi connectivity index (χ4n) is 2.76. The number of halogens is 4. The number of carbonyl (C=O) groups excluding carboxylic acids is 3. The van der Waals surface area contributed by atoms with E-state index in [0.29, 0.717) is 5.56 Å². The lowest BCUT2D eigenvalue weighted by atomic mass is 10.2. The highest BCUT2D eigenvalue weighted by molar-refractivity contribution is 6.35. The number of rotatable bonds is 8. The standard InChI is InChI=1S/C22H20ClF3N4O5/c1-34-17-8-12(10-27-30-21(33)20(32)29-14-5-6-14)7-16(23)19(17)35-11-18(31)28-15-4-2-3-13(9-15)22(24,25)26/h2-4,7-10,14H,5-6,11H2,1H3,(H,28,31)(H,29,32)(H,30,33)/b27-10-. The van der Waals surface area contributed by atoms with Crippen molar-refractivity contribution in [2.45, 2.75) is 25.1 Å². The number of alkyl halides is 3. The normalized spacial score (nSPS) is 13.3. The molecular formula is C22H20ClF3N4O5. The molecule has 3 amide bonds. The van der Waals surface area contributed by atoms with Crippen molar-refractivity contribution in [3.05, 3.63) is 52.5 Å². The van der Waals surface area contributed by atoms with Gasteiger partial charge in [0, 0.05) is 11.7 Å². The predicted molar refractivity (Wildman–Crippen MR) is 120 cm³/mol. The quantitative estimate of drug-likeness (QED) is 0.285. The zero-order chi connectivity index (χ0) is 25.6. The van der Waals surface area contributed by atoms with Gasteiger partial charge in [0.1, 0.15) is 0 Å². The number of nitrogens with zero attached hydrogens (tertiary/aromatic N) is 1. The lowest BCUT2D eigenvalue weighted by molar-refractivity contribution is -0.139. The van der Waals surface area contributed by atoms with E-state index in [-0.39, 0.29) is 28.3 Å². The minimum absolute atomic E-state index is 0.0124. The van der Waals surface area contributed by atoms with E-state index < -0.39 is 36.1 Å². The van der Waals surface area contributed by atoms with Crippen LogP contribution < -0.4 is 25.5 Å². The highest BCUT2D eigenvalue weighted by atomic mass is 35.5.